The van der Waals surface area contributed by atoms with Crippen molar-refractivity contribution in [2.45, 2.75) is 38.6 Å². The SMILES string of the molecule is CCc1cccc(C)c1NC(=O)CN(Cc1ccc(Cl)cc1)S(=O)(=O)c1ccc(C)cc1. The predicted molar refractivity (Wildman–Crippen MR) is 129 cm³/mol. The van der Waals surface area contributed by atoms with Crippen molar-refractivity contribution in [2.24, 2.45) is 0 Å². The van der Waals surface area contributed by atoms with E-state index in [1.807, 2.05) is 39.0 Å². The number of hydrogen-bond acceptors (Lipinski definition) is 3. The minimum absolute atomic E-state index is 0.0508. The lowest BCUT2D eigenvalue weighted by atomic mass is 10.1. The number of aryl methyl sites for hydroxylation is 3. The largest absolute Gasteiger partial charge is 0.324 e. The van der Waals surface area contributed by atoms with E-state index in [9.17, 15) is 13.2 Å². The van der Waals surface area contributed by atoms with Gasteiger partial charge in [0.2, 0.25) is 15.9 Å². The zero-order valence-electron chi connectivity index (χ0n) is 18.4. The quantitative estimate of drug-likeness (QED) is 0.482. The second-order valence-corrected chi connectivity index (χ2v) is 10.1. The van der Waals surface area contributed by atoms with Crippen LogP contribution in [0.1, 0.15) is 29.2 Å². The Hall–Kier alpha value is -2.67. The molecular weight excluding hydrogens is 444 g/mol. The van der Waals surface area contributed by atoms with E-state index in [2.05, 4.69) is 5.32 Å². The second kappa shape index (κ2) is 10.3. The minimum Gasteiger partial charge on any atom is -0.324 e. The number of benzene rings is 3. The van der Waals surface area contributed by atoms with Crippen LogP contribution in [0.15, 0.2) is 71.6 Å². The molecule has 5 nitrogen and oxygen atoms in total. The average Bonchev–Trinajstić information content (AvgIpc) is 2.76. The van der Waals surface area contributed by atoms with Crippen LogP contribution in [0.5, 0.6) is 0 Å². The molecule has 0 saturated carbocycles. The molecule has 0 radical (unpaired) electrons. The lowest BCUT2D eigenvalue weighted by Crippen LogP contribution is -2.37. The molecular formula is C25H27ClN2O3S. The number of carbonyl (C=O) groups is 1. The molecule has 168 valence electrons. The van der Waals surface area contributed by atoms with Crippen molar-refractivity contribution >= 4 is 33.2 Å². The van der Waals surface area contributed by atoms with Crippen molar-refractivity contribution < 1.29 is 13.2 Å². The van der Waals surface area contributed by atoms with Crippen LogP contribution in [-0.4, -0.2) is 25.2 Å². The summed E-state index contributed by atoms with van der Waals surface area (Å²) in [5.41, 5.74) is 4.37. The van der Waals surface area contributed by atoms with E-state index < -0.39 is 15.9 Å². The lowest BCUT2D eigenvalue weighted by Gasteiger charge is -2.23. The summed E-state index contributed by atoms with van der Waals surface area (Å²) in [6.45, 7) is 5.57. The molecule has 0 spiro atoms. The van der Waals surface area contributed by atoms with Gasteiger partial charge in [0.25, 0.3) is 0 Å². The molecule has 1 amide bonds. The van der Waals surface area contributed by atoms with Crippen LogP contribution >= 0.6 is 11.6 Å². The summed E-state index contributed by atoms with van der Waals surface area (Å²) in [6.07, 6.45) is 0.757. The van der Waals surface area contributed by atoms with E-state index in [4.69, 9.17) is 11.6 Å². The van der Waals surface area contributed by atoms with Gasteiger partial charge in [-0.2, -0.15) is 4.31 Å². The zero-order valence-corrected chi connectivity index (χ0v) is 20.0. The van der Waals surface area contributed by atoms with Crippen LogP contribution in [0, 0.1) is 13.8 Å². The summed E-state index contributed by atoms with van der Waals surface area (Å²) in [5.74, 6) is -0.390. The maximum atomic E-state index is 13.4. The molecule has 0 aliphatic rings. The van der Waals surface area contributed by atoms with Gasteiger partial charge in [-0.1, -0.05) is 66.6 Å². The summed E-state index contributed by atoms with van der Waals surface area (Å²) < 4.78 is 28.0. The highest BCUT2D eigenvalue weighted by atomic mass is 35.5. The lowest BCUT2D eigenvalue weighted by molar-refractivity contribution is -0.116. The van der Waals surface area contributed by atoms with Crippen LogP contribution in [-0.2, 0) is 27.8 Å². The van der Waals surface area contributed by atoms with E-state index in [-0.39, 0.29) is 18.0 Å². The van der Waals surface area contributed by atoms with Gasteiger partial charge in [-0.3, -0.25) is 4.79 Å². The number of rotatable bonds is 8. The fourth-order valence-corrected chi connectivity index (χ4v) is 4.93. The van der Waals surface area contributed by atoms with E-state index >= 15 is 0 Å². The number of nitrogens with one attached hydrogen (secondary N) is 1. The fraction of sp³-hybridized carbons (Fsp3) is 0.240. The van der Waals surface area contributed by atoms with Crippen LogP contribution in [0.3, 0.4) is 0 Å². The van der Waals surface area contributed by atoms with Gasteiger partial charge in [-0.25, -0.2) is 8.42 Å². The average molecular weight is 471 g/mol. The van der Waals surface area contributed by atoms with Crippen molar-refractivity contribution in [3.63, 3.8) is 0 Å². The number of amides is 1. The molecule has 0 fully saturated rings. The number of sulfonamides is 1. The first-order valence-corrected chi connectivity index (χ1v) is 12.2. The highest BCUT2D eigenvalue weighted by Crippen LogP contribution is 2.23. The third-order valence-corrected chi connectivity index (χ3v) is 7.31. The Bertz CT molecular complexity index is 1190. The maximum Gasteiger partial charge on any atom is 0.243 e. The molecule has 3 aromatic rings. The molecule has 32 heavy (non-hydrogen) atoms. The number of nitrogens with zero attached hydrogens (tertiary/aromatic N) is 1. The number of para-hydroxylation sites is 1. The summed E-state index contributed by atoms with van der Waals surface area (Å²) in [4.78, 5) is 13.1. The Kier molecular flexibility index (Phi) is 7.72. The smallest absolute Gasteiger partial charge is 0.243 e. The van der Waals surface area contributed by atoms with Crippen LogP contribution < -0.4 is 5.32 Å². The molecule has 0 unspecified atom stereocenters. The van der Waals surface area contributed by atoms with Gasteiger partial charge in [0, 0.05) is 17.3 Å². The first-order valence-electron chi connectivity index (χ1n) is 10.4. The van der Waals surface area contributed by atoms with Gasteiger partial charge in [-0.05, 0) is 61.2 Å². The fourth-order valence-electron chi connectivity index (χ4n) is 3.42. The van der Waals surface area contributed by atoms with Gasteiger partial charge in [0.05, 0.1) is 11.4 Å². The summed E-state index contributed by atoms with van der Waals surface area (Å²) in [6, 6.07) is 19.4. The maximum absolute atomic E-state index is 13.4. The van der Waals surface area contributed by atoms with Gasteiger partial charge in [0.1, 0.15) is 0 Å². The van der Waals surface area contributed by atoms with Crippen molar-refractivity contribution in [3.8, 4) is 0 Å². The molecule has 0 aliphatic carbocycles. The molecule has 0 bridgehead atoms. The Morgan fingerprint density at radius 2 is 1.62 bits per heavy atom. The molecule has 3 rings (SSSR count). The zero-order chi connectivity index (χ0) is 23.3. The second-order valence-electron chi connectivity index (χ2n) is 7.72. The summed E-state index contributed by atoms with van der Waals surface area (Å²) in [7, 11) is -3.90. The molecule has 0 aliphatic heterocycles. The Morgan fingerprint density at radius 3 is 2.25 bits per heavy atom. The van der Waals surface area contributed by atoms with Gasteiger partial charge < -0.3 is 5.32 Å². The number of hydrogen-bond donors (Lipinski definition) is 1. The Labute approximate surface area is 195 Å². The topological polar surface area (TPSA) is 66.5 Å². The Morgan fingerprint density at radius 1 is 0.969 bits per heavy atom. The van der Waals surface area contributed by atoms with Crippen molar-refractivity contribution in [1.82, 2.24) is 4.31 Å². The minimum atomic E-state index is -3.90. The van der Waals surface area contributed by atoms with Crippen LogP contribution in [0.2, 0.25) is 5.02 Å². The molecule has 0 aromatic heterocycles. The third kappa shape index (κ3) is 5.76. The van der Waals surface area contributed by atoms with E-state index in [1.165, 1.54) is 4.31 Å². The van der Waals surface area contributed by atoms with E-state index in [1.54, 1.807) is 48.5 Å². The number of anilines is 1. The first kappa shape index (κ1) is 24.0. The molecule has 0 atom stereocenters. The van der Waals surface area contributed by atoms with E-state index in [0.29, 0.717) is 5.02 Å². The number of carbonyl (C=O) groups excluding carboxylic acids is 1. The molecule has 3 aromatic carbocycles. The van der Waals surface area contributed by atoms with Crippen molar-refractivity contribution in [3.05, 3.63) is 94.0 Å². The van der Waals surface area contributed by atoms with Gasteiger partial charge in [0.15, 0.2) is 0 Å². The van der Waals surface area contributed by atoms with E-state index in [0.717, 1.165) is 34.4 Å². The molecule has 0 saturated heterocycles. The van der Waals surface area contributed by atoms with Crippen molar-refractivity contribution in [2.75, 3.05) is 11.9 Å². The molecule has 1 N–H and O–H groups in total. The van der Waals surface area contributed by atoms with Gasteiger partial charge in [-0.15, -0.1) is 0 Å². The normalized spacial score (nSPS) is 11.5. The monoisotopic (exact) mass is 470 g/mol. The highest BCUT2D eigenvalue weighted by Gasteiger charge is 2.27. The van der Waals surface area contributed by atoms with Crippen molar-refractivity contribution in [1.29, 1.82) is 0 Å². The summed E-state index contributed by atoms with van der Waals surface area (Å²) in [5, 5.41) is 3.48. The Balaban J connectivity index is 1.91. The standard InChI is InChI=1S/C25H27ClN2O3S/c1-4-21-7-5-6-19(3)25(21)27-24(29)17-28(16-20-10-12-22(26)13-11-20)32(30,31)23-14-8-18(2)9-15-23/h5-15H,4,16-17H2,1-3H3,(H,27,29). The molecule has 7 heteroatoms. The third-order valence-electron chi connectivity index (χ3n) is 5.26. The van der Waals surface area contributed by atoms with Crippen LogP contribution in [0.4, 0.5) is 5.69 Å². The van der Waals surface area contributed by atoms with Crippen LogP contribution in [0.25, 0.3) is 0 Å². The predicted octanol–water partition coefficient (Wildman–Crippen LogP) is 5.35. The number of halogens is 1. The first-order chi connectivity index (χ1) is 15.2. The highest BCUT2D eigenvalue weighted by molar-refractivity contribution is 7.89. The van der Waals surface area contributed by atoms with Gasteiger partial charge >= 0.3 is 0 Å². The summed E-state index contributed by atoms with van der Waals surface area (Å²) >= 11 is 5.97. The molecule has 0 heterocycles.